The largest absolute Gasteiger partial charge is 0.393 e. The van der Waals surface area contributed by atoms with Gasteiger partial charge in [0.05, 0.1) is 11.8 Å². The molecule has 0 aliphatic carbocycles. The van der Waals surface area contributed by atoms with Crippen LogP contribution in [0.2, 0.25) is 0 Å². The lowest BCUT2D eigenvalue weighted by Gasteiger charge is -2.37. The van der Waals surface area contributed by atoms with E-state index in [0.717, 1.165) is 84.1 Å². The normalized spacial score (nSPS) is 19.2. The van der Waals surface area contributed by atoms with Gasteiger partial charge in [-0.3, -0.25) is 4.99 Å². The maximum Gasteiger partial charge on any atom is 0.194 e. The van der Waals surface area contributed by atoms with E-state index in [-0.39, 0.29) is 35.9 Å². The molecular formula is C21H35FIN5O. The molecule has 1 aromatic rings. The number of rotatable bonds is 6. The van der Waals surface area contributed by atoms with Crippen LogP contribution in [0.5, 0.6) is 0 Å². The molecule has 2 fully saturated rings. The molecule has 29 heavy (non-hydrogen) atoms. The zero-order valence-corrected chi connectivity index (χ0v) is 19.7. The molecule has 0 spiro atoms. The van der Waals surface area contributed by atoms with Crippen LogP contribution >= 0.6 is 24.0 Å². The number of hydrogen-bond donors (Lipinski definition) is 2. The zero-order valence-electron chi connectivity index (χ0n) is 17.4. The number of nitrogens with one attached hydrogen (secondary N) is 1. The van der Waals surface area contributed by atoms with Crippen molar-refractivity contribution in [1.29, 1.82) is 0 Å². The van der Waals surface area contributed by atoms with E-state index in [9.17, 15) is 9.50 Å². The van der Waals surface area contributed by atoms with Crippen molar-refractivity contribution < 1.29 is 9.50 Å². The maximum atomic E-state index is 14.0. The van der Waals surface area contributed by atoms with E-state index < -0.39 is 0 Å². The minimum atomic E-state index is -0.151. The van der Waals surface area contributed by atoms with Crippen molar-refractivity contribution in [2.75, 3.05) is 63.8 Å². The molecule has 8 heteroatoms. The lowest BCUT2D eigenvalue weighted by atomic mass is 10.1. The molecule has 0 saturated carbocycles. The van der Waals surface area contributed by atoms with Gasteiger partial charge in [0.2, 0.25) is 0 Å². The fourth-order valence-corrected chi connectivity index (χ4v) is 3.92. The van der Waals surface area contributed by atoms with Crippen molar-refractivity contribution in [3.05, 3.63) is 30.1 Å². The third-order valence-corrected chi connectivity index (χ3v) is 5.56. The van der Waals surface area contributed by atoms with Gasteiger partial charge in [0.1, 0.15) is 5.82 Å². The molecule has 2 aliphatic rings. The first kappa shape index (κ1) is 24.1. The SMILES string of the molecule is CCNC(=NCCCN1CCC(O)CC1)N1CCN(c2ccccc2F)CC1.I. The fraction of sp³-hybridized carbons (Fsp3) is 0.667. The molecule has 0 atom stereocenters. The van der Waals surface area contributed by atoms with E-state index in [1.165, 1.54) is 6.07 Å². The summed E-state index contributed by atoms with van der Waals surface area (Å²) in [6.07, 6.45) is 2.69. The van der Waals surface area contributed by atoms with Gasteiger partial charge in [-0.25, -0.2) is 4.39 Å². The number of halogens is 2. The predicted molar refractivity (Wildman–Crippen MR) is 128 cm³/mol. The maximum absolute atomic E-state index is 14.0. The van der Waals surface area contributed by atoms with Gasteiger partial charge in [0.15, 0.2) is 5.96 Å². The summed E-state index contributed by atoms with van der Waals surface area (Å²) in [6.45, 7) is 10.0. The van der Waals surface area contributed by atoms with E-state index >= 15 is 0 Å². The highest BCUT2D eigenvalue weighted by Crippen LogP contribution is 2.20. The minimum absolute atomic E-state index is 0. The monoisotopic (exact) mass is 519 g/mol. The van der Waals surface area contributed by atoms with Crippen LogP contribution in [0.1, 0.15) is 26.2 Å². The third-order valence-electron chi connectivity index (χ3n) is 5.56. The lowest BCUT2D eigenvalue weighted by molar-refractivity contribution is 0.0824. The van der Waals surface area contributed by atoms with Crippen molar-refractivity contribution in [3.63, 3.8) is 0 Å². The van der Waals surface area contributed by atoms with E-state index in [0.29, 0.717) is 5.69 Å². The van der Waals surface area contributed by atoms with Gasteiger partial charge in [-0.1, -0.05) is 12.1 Å². The van der Waals surface area contributed by atoms with Crippen molar-refractivity contribution in [1.82, 2.24) is 15.1 Å². The van der Waals surface area contributed by atoms with Gasteiger partial charge in [-0.15, -0.1) is 24.0 Å². The van der Waals surface area contributed by atoms with Crippen molar-refractivity contribution in [3.8, 4) is 0 Å². The number of aliphatic imine (C=N–C) groups is 1. The molecule has 2 saturated heterocycles. The highest BCUT2D eigenvalue weighted by atomic mass is 127. The topological polar surface area (TPSA) is 54.3 Å². The Morgan fingerprint density at radius 1 is 1.14 bits per heavy atom. The smallest absolute Gasteiger partial charge is 0.194 e. The van der Waals surface area contributed by atoms with Gasteiger partial charge in [-0.05, 0) is 44.9 Å². The number of anilines is 1. The Balaban J connectivity index is 0.00000300. The highest BCUT2D eigenvalue weighted by Gasteiger charge is 2.21. The number of likely N-dealkylation sites (tertiary alicyclic amines) is 1. The third kappa shape index (κ3) is 7.25. The summed E-state index contributed by atoms with van der Waals surface area (Å²) in [5, 5.41) is 13.0. The number of aliphatic hydroxyl groups excluding tert-OH is 1. The minimum Gasteiger partial charge on any atom is -0.393 e. The van der Waals surface area contributed by atoms with Gasteiger partial charge in [0, 0.05) is 52.4 Å². The summed E-state index contributed by atoms with van der Waals surface area (Å²) in [7, 11) is 0. The Morgan fingerprint density at radius 2 is 1.83 bits per heavy atom. The van der Waals surface area contributed by atoms with Crippen molar-refractivity contribution >= 4 is 35.6 Å². The van der Waals surface area contributed by atoms with Gasteiger partial charge in [-0.2, -0.15) is 0 Å². The number of para-hydroxylation sites is 1. The molecular weight excluding hydrogens is 484 g/mol. The number of piperazine rings is 1. The van der Waals surface area contributed by atoms with Crippen LogP contribution in [0.15, 0.2) is 29.3 Å². The van der Waals surface area contributed by atoms with Gasteiger partial charge in [0.25, 0.3) is 0 Å². The number of benzene rings is 1. The Bertz CT molecular complexity index is 631. The first-order valence-electron chi connectivity index (χ1n) is 10.6. The average molecular weight is 519 g/mol. The summed E-state index contributed by atoms with van der Waals surface area (Å²) >= 11 is 0. The molecule has 0 amide bonds. The average Bonchev–Trinajstić information content (AvgIpc) is 2.72. The summed E-state index contributed by atoms with van der Waals surface area (Å²) in [5.74, 6) is 0.812. The molecule has 0 bridgehead atoms. The number of aliphatic hydroxyl groups is 1. The molecule has 3 rings (SSSR count). The molecule has 164 valence electrons. The first-order valence-corrected chi connectivity index (χ1v) is 10.6. The number of nitrogens with zero attached hydrogens (tertiary/aromatic N) is 4. The van der Waals surface area contributed by atoms with E-state index in [1.54, 1.807) is 6.07 Å². The first-order chi connectivity index (χ1) is 13.7. The number of hydrogen-bond acceptors (Lipinski definition) is 4. The standard InChI is InChI=1S/C21H34FN5O.HI/c1-2-23-21(24-10-5-11-25-12-8-18(28)9-13-25)27-16-14-26(15-17-27)20-7-4-3-6-19(20)22;/h3-4,6-7,18,28H,2,5,8-17H2,1H3,(H,23,24);1H. The van der Waals surface area contributed by atoms with Gasteiger partial charge >= 0.3 is 0 Å². The van der Waals surface area contributed by atoms with Crippen molar-refractivity contribution in [2.45, 2.75) is 32.3 Å². The second kappa shape index (κ2) is 12.5. The van der Waals surface area contributed by atoms with Crippen LogP contribution in [0, 0.1) is 5.82 Å². The zero-order chi connectivity index (χ0) is 19.8. The Morgan fingerprint density at radius 3 is 2.48 bits per heavy atom. The second-order valence-corrected chi connectivity index (χ2v) is 7.59. The molecule has 0 unspecified atom stereocenters. The Hall–Kier alpha value is -1.13. The molecule has 2 N–H and O–H groups in total. The van der Waals surface area contributed by atoms with E-state index in [1.807, 2.05) is 12.1 Å². The second-order valence-electron chi connectivity index (χ2n) is 7.59. The quantitative estimate of drug-likeness (QED) is 0.262. The molecule has 2 heterocycles. The summed E-state index contributed by atoms with van der Waals surface area (Å²) in [4.78, 5) is 11.6. The molecule has 6 nitrogen and oxygen atoms in total. The fourth-order valence-electron chi connectivity index (χ4n) is 3.92. The van der Waals surface area contributed by atoms with Gasteiger partial charge < -0.3 is 25.1 Å². The molecule has 0 aromatic heterocycles. The van der Waals surface area contributed by atoms with E-state index in [2.05, 4.69) is 26.9 Å². The summed E-state index contributed by atoms with van der Waals surface area (Å²) in [6, 6.07) is 7.00. The van der Waals surface area contributed by atoms with E-state index in [4.69, 9.17) is 4.99 Å². The van der Waals surface area contributed by atoms with Crippen molar-refractivity contribution in [2.24, 2.45) is 4.99 Å². The highest BCUT2D eigenvalue weighted by molar-refractivity contribution is 14.0. The number of piperidine rings is 1. The van der Waals surface area contributed by atoms with Crippen LogP contribution in [0.3, 0.4) is 0 Å². The Labute approximate surface area is 191 Å². The van der Waals surface area contributed by atoms with Crippen LogP contribution in [-0.2, 0) is 0 Å². The molecule has 0 radical (unpaired) electrons. The molecule has 2 aliphatic heterocycles. The van der Waals surface area contributed by atoms with Crippen LogP contribution < -0.4 is 10.2 Å². The molecule has 1 aromatic carbocycles. The summed E-state index contributed by atoms with van der Waals surface area (Å²) < 4.78 is 14.0. The lowest BCUT2D eigenvalue weighted by Crippen LogP contribution is -2.52. The Kier molecular flexibility index (Phi) is 10.4. The van der Waals surface area contributed by atoms with Crippen LogP contribution in [0.4, 0.5) is 10.1 Å². The number of guanidine groups is 1. The predicted octanol–water partition coefficient (Wildman–Crippen LogP) is 2.38. The summed E-state index contributed by atoms with van der Waals surface area (Å²) in [5.41, 5.74) is 0.690. The van der Waals surface area contributed by atoms with Crippen LogP contribution in [0.25, 0.3) is 0 Å². The van der Waals surface area contributed by atoms with Crippen LogP contribution in [-0.4, -0.2) is 85.9 Å².